The Morgan fingerprint density at radius 1 is 1.45 bits per heavy atom. The molecule has 0 radical (unpaired) electrons. The van der Waals surface area contributed by atoms with Gasteiger partial charge in [-0.15, -0.1) is 0 Å². The van der Waals surface area contributed by atoms with Crippen LogP contribution in [0.25, 0.3) is 0 Å². The molecule has 1 spiro atoms. The van der Waals surface area contributed by atoms with Crippen LogP contribution in [0.2, 0.25) is 0 Å². The van der Waals surface area contributed by atoms with Gasteiger partial charge in [0.05, 0.1) is 0 Å². The molecule has 0 saturated heterocycles. The summed E-state index contributed by atoms with van der Waals surface area (Å²) in [7, 11) is 0. The van der Waals surface area contributed by atoms with E-state index in [0.717, 1.165) is 25.7 Å². The van der Waals surface area contributed by atoms with Crippen LogP contribution in [-0.4, -0.2) is 29.4 Å². The van der Waals surface area contributed by atoms with E-state index < -0.39 is 11.7 Å². The van der Waals surface area contributed by atoms with Crippen LogP contribution in [0.5, 0.6) is 0 Å². The standard InChI is InChI=1S/C21H27BrFN3O3/c1-3-4-18(27)24-13(2)11-14-7-9-21(10-8-14)19(25-26-20(28)29-21)16-6-5-15(23)12-17(16)22/h5-6,12-14H,3-4,7-11H2,1-2H3,(H,24,27)(H,26,28)/t13-,14?,21?/m0/s1. The molecule has 3 rings (SSSR count). The second-order valence-electron chi connectivity index (χ2n) is 7.98. The van der Waals surface area contributed by atoms with E-state index in [9.17, 15) is 14.0 Å². The van der Waals surface area contributed by atoms with Gasteiger partial charge in [-0.25, -0.2) is 14.6 Å². The van der Waals surface area contributed by atoms with Crippen molar-refractivity contribution in [2.75, 3.05) is 0 Å². The van der Waals surface area contributed by atoms with Gasteiger partial charge in [-0.2, -0.15) is 5.10 Å². The molecule has 6 nitrogen and oxygen atoms in total. The number of nitrogens with one attached hydrogen (secondary N) is 2. The minimum atomic E-state index is -0.812. The lowest BCUT2D eigenvalue weighted by molar-refractivity contribution is -0.121. The van der Waals surface area contributed by atoms with Gasteiger partial charge in [-0.3, -0.25) is 4.79 Å². The fourth-order valence-electron chi connectivity index (χ4n) is 4.29. The molecular weight excluding hydrogens is 441 g/mol. The fourth-order valence-corrected chi connectivity index (χ4v) is 4.83. The summed E-state index contributed by atoms with van der Waals surface area (Å²) in [6.07, 6.45) is 4.72. The van der Waals surface area contributed by atoms with Crippen molar-refractivity contribution >= 4 is 33.6 Å². The van der Waals surface area contributed by atoms with Crippen molar-refractivity contribution < 1.29 is 18.7 Å². The lowest BCUT2D eigenvalue weighted by Crippen LogP contribution is -2.52. The molecule has 29 heavy (non-hydrogen) atoms. The Morgan fingerprint density at radius 2 is 2.17 bits per heavy atom. The first kappa shape index (κ1) is 21.7. The highest BCUT2D eigenvalue weighted by molar-refractivity contribution is 9.10. The molecular formula is C21H27BrFN3O3. The molecule has 2 amide bonds. The summed E-state index contributed by atoms with van der Waals surface area (Å²) in [5.74, 6) is 0.179. The molecule has 158 valence electrons. The number of carbonyl (C=O) groups excluding carboxylic acids is 2. The minimum absolute atomic E-state index is 0.0927. The molecule has 0 aromatic heterocycles. The Hall–Kier alpha value is -1.96. The molecule has 1 aromatic rings. The molecule has 2 aliphatic rings. The first-order chi connectivity index (χ1) is 13.8. The van der Waals surface area contributed by atoms with E-state index in [1.165, 1.54) is 12.1 Å². The van der Waals surface area contributed by atoms with Crippen molar-refractivity contribution in [3.05, 3.63) is 34.1 Å². The van der Waals surface area contributed by atoms with E-state index >= 15 is 0 Å². The molecule has 1 aromatic carbocycles. The third kappa shape index (κ3) is 5.15. The molecule has 1 aliphatic heterocycles. The Labute approximate surface area is 178 Å². The predicted octanol–water partition coefficient (Wildman–Crippen LogP) is 4.66. The lowest BCUT2D eigenvalue weighted by Gasteiger charge is -2.42. The maximum atomic E-state index is 13.5. The van der Waals surface area contributed by atoms with Crippen LogP contribution in [0, 0.1) is 11.7 Å². The van der Waals surface area contributed by atoms with Gasteiger partial charge < -0.3 is 10.1 Å². The van der Waals surface area contributed by atoms with Crippen molar-refractivity contribution in [2.24, 2.45) is 11.0 Å². The van der Waals surface area contributed by atoms with E-state index in [1.807, 2.05) is 13.8 Å². The molecule has 1 atom stereocenters. The Kier molecular flexibility index (Phi) is 6.93. The largest absolute Gasteiger partial charge is 0.435 e. The summed E-state index contributed by atoms with van der Waals surface area (Å²) < 4.78 is 19.8. The first-order valence-corrected chi connectivity index (χ1v) is 10.9. The normalized spacial score (nSPS) is 25.0. The zero-order valence-electron chi connectivity index (χ0n) is 16.8. The van der Waals surface area contributed by atoms with Crippen molar-refractivity contribution in [3.8, 4) is 0 Å². The van der Waals surface area contributed by atoms with Gasteiger partial charge in [0, 0.05) is 22.5 Å². The van der Waals surface area contributed by atoms with Crippen LogP contribution in [0.3, 0.4) is 0 Å². The highest BCUT2D eigenvalue weighted by atomic mass is 79.9. The first-order valence-electron chi connectivity index (χ1n) is 10.1. The zero-order chi connectivity index (χ0) is 21.0. The molecule has 0 unspecified atom stereocenters. The topological polar surface area (TPSA) is 79.8 Å². The Balaban J connectivity index is 1.70. The van der Waals surface area contributed by atoms with Crippen LogP contribution < -0.4 is 10.7 Å². The summed E-state index contributed by atoms with van der Waals surface area (Å²) >= 11 is 3.40. The van der Waals surface area contributed by atoms with Crippen molar-refractivity contribution in [3.63, 3.8) is 0 Å². The number of benzene rings is 1. The second-order valence-corrected chi connectivity index (χ2v) is 8.83. The number of rotatable bonds is 6. The highest BCUT2D eigenvalue weighted by Gasteiger charge is 2.46. The molecule has 1 aliphatic carbocycles. The maximum absolute atomic E-state index is 13.5. The number of carbonyl (C=O) groups is 2. The maximum Gasteiger partial charge on any atom is 0.428 e. The number of hydrazone groups is 1. The number of ether oxygens (including phenoxy) is 1. The van der Waals surface area contributed by atoms with Gasteiger partial charge in [0.2, 0.25) is 5.91 Å². The summed E-state index contributed by atoms with van der Waals surface area (Å²) in [6.45, 7) is 4.02. The predicted molar refractivity (Wildman–Crippen MR) is 112 cm³/mol. The van der Waals surface area contributed by atoms with Gasteiger partial charge in [-0.05, 0) is 69.6 Å². The summed E-state index contributed by atoms with van der Waals surface area (Å²) in [4.78, 5) is 23.7. The van der Waals surface area contributed by atoms with Gasteiger partial charge >= 0.3 is 6.09 Å². The summed E-state index contributed by atoms with van der Waals surface area (Å²) in [6, 6.07) is 4.52. The molecule has 8 heteroatoms. The van der Waals surface area contributed by atoms with Crippen molar-refractivity contribution in [2.45, 2.75) is 70.4 Å². The quantitative estimate of drug-likeness (QED) is 0.638. The molecule has 2 N–H and O–H groups in total. The molecule has 1 saturated carbocycles. The van der Waals surface area contributed by atoms with Crippen LogP contribution in [0.4, 0.5) is 9.18 Å². The summed E-state index contributed by atoms with van der Waals surface area (Å²) in [5, 5.41) is 7.33. The SMILES string of the molecule is CCCC(=O)N[C@@H](C)CC1CCC2(CC1)OC(=O)NN=C2c1ccc(F)cc1Br. The van der Waals surface area contributed by atoms with E-state index in [0.29, 0.717) is 40.9 Å². The smallest absolute Gasteiger partial charge is 0.428 e. The Morgan fingerprint density at radius 3 is 2.83 bits per heavy atom. The van der Waals surface area contributed by atoms with Gasteiger partial charge in [0.1, 0.15) is 11.5 Å². The average Bonchev–Trinajstić information content (AvgIpc) is 2.65. The minimum Gasteiger partial charge on any atom is -0.435 e. The highest BCUT2D eigenvalue weighted by Crippen LogP contribution is 2.41. The average molecular weight is 468 g/mol. The number of amides is 2. The number of halogens is 2. The van der Waals surface area contributed by atoms with Crippen molar-refractivity contribution in [1.29, 1.82) is 0 Å². The monoisotopic (exact) mass is 467 g/mol. The van der Waals surface area contributed by atoms with E-state index in [4.69, 9.17) is 4.74 Å². The van der Waals surface area contributed by atoms with E-state index in [2.05, 4.69) is 31.8 Å². The van der Waals surface area contributed by atoms with Gasteiger partial charge in [0.25, 0.3) is 0 Å². The van der Waals surface area contributed by atoms with E-state index in [1.54, 1.807) is 6.07 Å². The molecule has 0 bridgehead atoms. The van der Waals surface area contributed by atoms with Crippen molar-refractivity contribution in [1.82, 2.24) is 10.7 Å². The third-order valence-electron chi connectivity index (χ3n) is 5.65. The van der Waals surface area contributed by atoms with Crippen LogP contribution in [-0.2, 0) is 9.53 Å². The second kappa shape index (κ2) is 9.24. The van der Waals surface area contributed by atoms with Gasteiger partial charge in [0.15, 0.2) is 5.60 Å². The van der Waals surface area contributed by atoms with Crippen LogP contribution >= 0.6 is 15.9 Å². The van der Waals surface area contributed by atoms with Crippen LogP contribution in [0.15, 0.2) is 27.8 Å². The number of hydrogen-bond acceptors (Lipinski definition) is 4. The zero-order valence-corrected chi connectivity index (χ0v) is 18.4. The lowest BCUT2D eigenvalue weighted by atomic mass is 9.73. The third-order valence-corrected chi connectivity index (χ3v) is 6.31. The number of hydrogen-bond donors (Lipinski definition) is 2. The van der Waals surface area contributed by atoms with Crippen LogP contribution in [0.1, 0.15) is 64.4 Å². The Bertz CT molecular complexity index is 806. The summed E-state index contributed by atoms with van der Waals surface area (Å²) in [5.41, 5.74) is 2.90. The molecule has 1 fully saturated rings. The number of nitrogens with zero attached hydrogens (tertiary/aromatic N) is 1. The molecule has 1 heterocycles. The fraction of sp³-hybridized carbons (Fsp3) is 0.571. The van der Waals surface area contributed by atoms with E-state index in [-0.39, 0.29) is 17.8 Å². The van der Waals surface area contributed by atoms with Gasteiger partial charge in [-0.1, -0.05) is 22.9 Å².